The Morgan fingerprint density at radius 2 is 0.250 bits per heavy atom. The molecule has 0 atom stereocenters. The van der Waals surface area contributed by atoms with Gasteiger partial charge in [0.15, 0.2) is 0 Å². The van der Waals surface area contributed by atoms with Crippen LogP contribution in [0.5, 0.6) is 0 Å². The molecule has 0 bridgehead atoms. The van der Waals surface area contributed by atoms with Crippen LogP contribution in [0.15, 0.2) is 0 Å². The van der Waals surface area contributed by atoms with E-state index in [0.717, 1.165) is 0 Å². The number of rotatable bonds is 0. The molecule has 0 unspecified atom stereocenters. The van der Waals surface area contributed by atoms with E-state index in [1.807, 2.05) is 0 Å². The van der Waals surface area contributed by atoms with E-state index in [-0.39, 0.29) is 70.4 Å². The van der Waals surface area contributed by atoms with Crippen LogP contribution in [-0.2, 0) is 0 Å². The molecule has 4 heteroatoms. The molecule has 0 nitrogen and oxygen atoms in total. The SMILES string of the molecule is [Ge].[Ge].[Ge].[Ge]. The van der Waals surface area contributed by atoms with Gasteiger partial charge in [-0.2, -0.15) is 0 Å². The first-order chi connectivity index (χ1) is 0. The minimum Gasteiger partial charge on any atom is 0 e. The van der Waals surface area contributed by atoms with Crippen LogP contribution in [0.25, 0.3) is 0 Å². The summed E-state index contributed by atoms with van der Waals surface area (Å²) in [5.74, 6) is 0. The summed E-state index contributed by atoms with van der Waals surface area (Å²) in [5, 5.41) is 0. The third kappa shape index (κ3) is 8.90. The van der Waals surface area contributed by atoms with E-state index >= 15 is 0 Å². The molecule has 0 aromatic heterocycles. The van der Waals surface area contributed by atoms with Crippen molar-refractivity contribution in [2.75, 3.05) is 0 Å². The van der Waals surface area contributed by atoms with E-state index < -0.39 is 0 Å². The summed E-state index contributed by atoms with van der Waals surface area (Å²) in [7, 11) is 0. The molecule has 0 saturated heterocycles. The zero-order valence-electron chi connectivity index (χ0n) is 2.00. The van der Waals surface area contributed by atoms with Gasteiger partial charge in [0.1, 0.15) is 0 Å². The van der Waals surface area contributed by atoms with Crippen LogP contribution >= 0.6 is 0 Å². The van der Waals surface area contributed by atoms with Crippen molar-refractivity contribution < 1.29 is 0 Å². The Bertz CT molecular complexity index is 0. The van der Waals surface area contributed by atoms with Gasteiger partial charge in [0.2, 0.25) is 0 Å². The summed E-state index contributed by atoms with van der Waals surface area (Å²) in [4.78, 5) is 0. The summed E-state index contributed by atoms with van der Waals surface area (Å²) in [6, 6.07) is 0. The van der Waals surface area contributed by atoms with Gasteiger partial charge in [0.05, 0.1) is 0 Å². The maximum atomic E-state index is 0. The number of hydrogen-bond donors (Lipinski definition) is 0. The third-order valence-corrected chi connectivity index (χ3v) is 0. The van der Waals surface area contributed by atoms with Crippen molar-refractivity contribution in [1.82, 2.24) is 0 Å². The molecule has 0 fully saturated rings. The Hall–Kier alpha value is 2.17. The van der Waals surface area contributed by atoms with Gasteiger partial charge in [0.25, 0.3) is 0 Å². The molecular formula is Ge4. The van der Waals surface area contributed by atoms with Crippen molar-refractivity contribution in [3.8, 4) is 0 Å². The molecule has 0 spiro atoms. The van der Waals surface area contributed by atoms with Crippen LogP contribution in [0.4, 0.5) is 0 Å². The van der Waals surface area contributed by atoms with Gasteiger partial charge in [-0.1, -0.05) is 0 Å². The summed E-state index contributed by atoms with van der Waals surface area (Å²) in [6.07, 6.45) is 0. The van der Waals surface area contributed by atoms with Crippen LogP contribution in [0, 0.1) is 0 Å². The van der Waals surface area contributed by atoms with Gasteiger partial charge in [-0.05, 0) is 0 Å². The monoisotopic (exact) mass is 296 g/mol. The first-order valence-corrected chi connectivity index (χ1v) is 0. The molecule has 0 saturated carbocycles. The van der Waals surface area contributed by atoms with Crippen LogP contribution < -0.4 is 0 Å². The van der Waals surface area contributed by atoms with Crippen molar-refractivity contribution >= 4 is 70.4 Å². The molecular weight excluding hydrogens is 290 g/mol. The first kappa shape index (κ1) is 35.0. The Morgan fingerprint density at radius 1 is 0.250 bits per heavy atom. The Morgan fingerprint density at radius 3 is 0.250 bits per heavy atom. The van der Waals surface area contributed by atoms with E-state index in [2.05, 4.69) is 0 Å². The van der Waals surface area contributed by atoms with Crippen LogP contribution in [0.3, 0.4) is 0 Å². The smallest absolute Gasteiger partial charge is 0 e. The molecule has 0 rings (SSSR count). The normalized spacial score (nSPS) is 0. The first-order valence-electron chi connectivity index (χ1n) is 0. The van der Waals surface area contributed by atoms with Gasteiger partial charge < -0.3 is 0 Å². The van der Waals surface area contributed by atoms with Crippen LogP contribution in [0.2, 0.25) is 0 Å². The molecule has 16 radical (unpaired) electrons. The molecule has 0 aliphatic heterocycles. The predicted molar refractivity (Wildman–Crippen MR) is 23.0 cm³/mol. The Kier molecular flexibility index (Phi) is 167. The van der Waals surface area contributed by atoms with Crippen molar-refractivity contribution in [3.05, 3.63) is 0 Å². The largest absolute Gasteiger partial charge is 0 e. The second-order valence-electron chi connectivity index (χ2n) is 0. The summed E-state index contributed by atoms with van der Waals surface area (Å²) >= 11 is 0. The maximum Gasteiger partial charge on any atom is 0 e. The molecule has 0 amide bonds. The third-order valence-electron chi connectivity index (χ3n) is 0. The van der Waals surface area contributed by atoms with Gasteiger partial charge in [-0.15, -0.1) is 0 Å². The van der Waals surface area contributed by atoms with Gasteiger partial charge in [-0.25, -0.2) is 0 Å². The molecule has 0 heterocycles. The zero-order chi connectivity index (χ0) is 0. The molecule has 0 aliphatic carbocycles. The molecule has 0 N–H and O–H groups in total. The average Bonchev–Trinajstić information content (AvgIpc) is 0. The van der Waals surface area contributed by atoms with Crippen LogP contribution in [-0.4, -0.2) is 70.4 Å². The fraction of sp³-hybridized carbons (Fsp3) is 0. The minimum absolute atomic E-state index is 0. The van der Waals surface area contributed by atoms with Crippen LogP contribution in [0.1, 0.15) is 0 Å². The van der Waals surface area contributed by atoms with Gasteiger partial charge in [0, 0.05) is 70.4 Å². The van der Waals surface area contributed by atoms with Crippen molar-refractivity contribution in [1.29, 1.82) is 0 Å². The summed E-state index contributed by atoms with van der Waals surface area (Å²) in [6.45, 7) is 0. The molecule has 4 heavy (non-hydrogen) atoms. The van der Waals surface area contributed by atoms with E-state index in [1.54, 1.807) is 0 Å². The minimum atomic E-state index is 0. The van der Waals surface area contributed by atoms with Gasteiger partial charge in [-0.3, -0.25) is 0 Å². The summed E-state index contributed by atoms with van der Waals surface area (Å²) in [5.41, 5.74) is 0. The quantitative estimate of drug-likeness (QED) is 0.475. The predicted octanol–water partition coefficient (Wildman–Crippen LogP) is -1.52. The second-order valence-corrected chi connectivity index (χ2v) is 0. The Labute approximate surface area is 69.8 Å². The van der Waals surface area contributed by atoms with E-state index in [1.165, 1.54) is 0 Å². The summed E-state index contributed by atoms with van der Waals surface area (Å²) < 4.78 is 0. The van der Waals surface area contributed by atoms with Crippen molar-refractivity contribution in [2.24, 2.45) is 0 Å². The topological polar surface area (TPSA) is 0 Å². The zero-order valence-corrected chi connectivity index (χ0v) is 10.4. The Balaban J connectivity index is 0. The average molecular weight is 290 g/mol. The molecule has 0 aromatic rings. The van der Waals surface area contributed by atoms with Gasteiger partial charge >= 0.3 is 0 Å². The van der Waals surface area contributed by atoms with Crippen molar-refractivity contribution in [3.63, 3.8) is 0 Å². The second kappa shape index (κ2) is 19.1. The fourth-order valence-corrected chi connectivity index (χ4v) is 0. The van der Waals surface area contributed by atoms with Crippen molar-refractivity contribution in [2.45, 2.75) is 0 Å². The number of hydrogen-bond acceptors (Lipinski definition) is 0. The van der Waals surface area contributed by atoms with E-state index in [0.29, 0.717) is 0 Å². The molecule has 16 valence electrons. The standard InChI is InChI=1S/4Ge. The molecule has 0 aromatic carbocycles. The van der Waals surface area contributed by atoms with E-state index in [4.69, 9.17) is 0 Å². The molecule has 0 aliphatic rings. The maximum absolute atomic E-state index is 0. The van der Waals surface area contributed by atoms with E-state index in [9.17, 15) is 0 Å². The fourth-order valence-electron chi connectivity index (χ4n) is 0.